The summed E-state index contributed by atoms with van der Waals surface area (Å²) in [5.74, 6) is -0.115. The van der Waals surface area contributed by atoms with Crippen LogP contribution in [-0.4, -0.2) is 11.8 Å². The van der Waals surface area contributed by atoms with E-state index >= 15 is 0 Å². The number of thioether (sulfide) groups is 1. The van der Waals surface area contributed by atoms with Gasteiger partial charge in [0.15, 0.2) is 0 Å². The summed E-state index contributed by atoms with van der Waals surface area (Å²) in [4.78, 5) is 1.04. The van der Waals surface area contributed by atoms with E-state index in [4.69, 9.17) is 0 Å². The van der Waals surface area contributed by atoms with Crippen molar-refractivity contribution in [3.8, 4) is 0 Å². The Morgan fingerprint density at radius 3 is 3.14 bits per heavy atom. The molecule has 0 amide bonds. The van der Waals surface area contributed by atoms with E-state index in [0.717, 1.165) is 23.5 Å². The molecule has 1 aromatic carbocycles. The fourth-order valence-electron chi connectivity index (χ4n) is 1.44. The third-order valence-corrected chi connectivity index (χ3v) is 4.54. The summed E-state index contributed by atoms with van der Waals surface area (Å²) in [6, 6.07) is 3.51. The number of anilines is 1. The van der Waals surface area contributed by atoms with E-state index in [9.17, 15) is 4.39 Å². The normalized spacial score (nSPS) is 20.1. The van der Waals surface area contributed by atoms with E-state index in [1.165, 1.54) is 0 Å². The Morgan fingerprint density at radius 1 is 1.64 bits per heavy atom. The third kappa shape index (κ3) is 2.00. The smallest absolute Gasteiger partial charge is 0.137 e. The van der Waals surface area contributed by atoms with Crippen LogP contribution >= 0.6 is 34.4 Å². The zero-order valence-electron chi connectivity index (χ0n) is 7.81. The molecule has 1 unspecified atom stereocenters. The maximum atomic E-state index is 13.3. The molecular formula is C10H11FINS. The molecule has 0 aliphatic carbocycles. The predicted octanol–water partition coefficient (Wildman–Crippen LogP) is 3.73. The third-order valence-electron chi connectivity index (χ3n) is 2.29. The quantitative estimate of drug-likeness (QED) is 0.791. The van der Waals surface area contributed by atoms with Crippen LogP contribution in [0.2, 0.25) is 0 Å². The zero-order valence-corrected chi connectivity index (χ0v) is 10.8. The lowest BCUT2D eigenvalue weighted by Gasteiger charge is -2.24. The number of fused-ring (bicyclic) bond motifs is 1. The molecule has 1 aliphatic heterocycles. The minimum Gasteiger partial charge on any atom is -0.383 e. The molecule has 76 valence electrons. The van der Waals surface area contributed by atoms with Crippen molar-refractivity contribution in [2.45, 2.75) is 23.5 Å². The van der Waals surface area contributed by atoms with Crippen LogP contribution in [0.4, 0.5) is 10.1 Å². The van der Waals surface area contributed by atoms with Gasteiger partial charge in [-0.1, -0.05) is 6.92 Å². The lowest BCUT2D eigenvalue weighted by atomic mass is 10.2. The van der Waals surface area contributed by atoms with Crippen LogP contribution in [0, 0.1) is 9.39 Å². The van der Waals surface area contributed by atoms with Crippen LogP contribution in [0.15, 0.2) is 17.0 Å². The second kappa shape index (κ2) is 4.26. The standard InChI is InChI=1S/C10H11FINS/c1-2-6-5-13-9-4-8(12)7(11)3-10(9)14-6/h3-4,6,13H,2,5H2,1H3. The molecule has 4 heteroatoms. The predicted molar refractivity (Wildman–Crippen MR) is 67.5 cm³/mol. The highest BCUT2D eigenvalue weighted by molar-refractivity contribution is 14.1. The Kier molecular flexibility index (Phi) is 3.21. The van der Waals surface area contributed by atoms with Crippen LogP contribution in [-0.2, 0) is 0 Å². The minimum absolute atomic E-state index is 0.115. The molecule has 0 radical (unpaired) electrons. The van der Waals surface area contributed by atoms with E-state index in [1.807, 2.05) is 28.7 Å². The summed E-state index contributed by atoms with van der Waals surface area (Å²) in [6.07, 6.45) is 1.12. The van der Waals surface area contributed by atoms with Crippen molar-refractivity contribution in [1.82, 2.24) is 0 Å². The molecule has 1 heterocycles. The Hall–Kier alpha value is 0.0300. The first-order valence-corrected chi connectivity index (χ1v) is 6.56. The number of nitrogens with one attached hydrogen (secondary N) is 1. The van der Waals surface area contributed by atoms with Gasteiger partial charge < -0.3 is 5.32 Å². The average molecular weight is 323 g/mol. The molecule has 1 nitrogen and oxygen atoms in total. The summed E-state index contributed by atoms with van der Waals surface area (Å²) in [5, 5.41) is 3.91. The van der Waals surface area contributed by atoms with Crippen molar-refractivity contribution in [1.29, 1.82) is 0 Å². The topological polar surface area (TPSA) is 12.0 Å². The van der Waals surface area contributed by atoms with E-state index in [0.29, 0.717) is 8.82 Å². The fraction of sp³-hybridized carbons (Fsp3) is 0.400. The van der Waals surface area contributed by atoms with Gasteiger partial charge in [0.1, 0.15) is 5.82 Å². The van der Waals surface area contributed by atoms with Crippen LogP contribution in [0.25, 0.3) is 0 Å². The maximum absolute atomic E-state index is 13.3. The van der Waals surface area contributed by atoms with Crippen LogP contribution in [0.1, 0.15) is 13.3 Å². The van der Waals surface area contributed by atoms with Gasteiger partial charge in [-0.2, -0.15) is 0 Å². The van der Waals surface area contributed by atoms with E-state index in [1.54, 1.807) is 17.8 Å². The number of hydrogen-bond acceptors (Lipinski definition) is 2. The van der Waals surface area contributed by atoms with Crippen molar-refractivity contribution in [3.63, 3.8) is 0 Å². The first-order valence-electron chi connectivity index (χ1n) is 4.60. The molecular weight excluding hydrogens is 312 g/mol. The van der Waals surface area contributed by atoms with Gasteiger partial charge in [-0.3, -0.25) is 0 Å². The van der Waals surface area contributed by atoms with Gasteiger partial charge in [-0.05, 0) is 41.1 Å². The van der Waals surface area contributed by atoms with Crippen molar-refractivity contribution >= 4 is 40.0 Å². The molecule has 0 bridgehead atoms. The highest BCUT2D eigenvalue weighted by Crippen LogP contribution is 2.37. The molecule has 0 saturated carbocycles. The van der Waals surface area contributed by atoms with Gasteiger partial charge in [0, 0.05) is 22.4 Å². The maximum Gasteiger partial charge on any atom is 0.137 e. The van der Waals surface area contributed by atoms with Crippen LogP contribution in [0.5, 0.6) is 0 Å². The first kappa shape index (κ1) is 10.5. The molecule has 0 spiro atoms. The number of halogens is 2. The SMILES string of the molecule is CCC1CNc2cc(I)c(F)cc2S1. The highest BCUT2D eigenvalue weighted by Gasteiger charge is 2.18. The van der Waals surface area contributed by atoms with Gasteiger partial charge in [0.05, 0.1) is 3.57 Å². The molecule has 0 fully saturated rings. The van der Waals surface area contributed by atoms with Crippen molar-refractivity contribution in [2.24, 2.45) is 0 Å². The highest BCUT2D eigenvalue weighted by atomic mass is 127. The van der Waals surface area contributed by atoms with E-state index < -0.39 is 0 Å². The van der Waals surface area contributed by atoms with Gasteiger partial charge in [0.25, 0.3) is 0 Å². The second-order valence-corrected chi connectivity index (χ2v) is 5.80. The molecule has 1 atom stereocenters. The lowest BCUT2D eigenvalue weighted by molar-refractivity contribution is 0.616. The molecule has 1 aromatic rings. The summed E-state index contributed by atoms with van der Waals surface area (Å²) >= 11 is 3.79. The number of benzene rings is 1. The molecule has 0 saturated heterocycles. The largest absolute Gasteiger partial charge is 0.383 e. The van der Waals surface area contributed by atoms with Crippen molar-refractivity contribution < 1.29 is 4.39 Å². The summed E-state index contributed by atoms with van der Waals surface area (Å²) in [6.45, 7) is 3.14. The first-order chi connectivity index (χ1) is 6.70. The average Bonchev–Trinajstić information content (AvgIpc) is 2.19. The van der Waals surface area contributed by atoms with E-state index in [-0.39, 0.29) is 5.82 Å². The Balaban J connectivity index is 2.33. The molecule has 14 heavy (non-hydrogen) atoms. The second-order valence-electron chi connectivity index (χ2n) is 3.29. The number of hydrogen-bond donors (Lipinski definition) is 1. The van der Waals surface area contributed by atoms with Gasteiger partial charge >= 0.3 is 0 Å². The van der Waals surface area contributed by atoms with Crippen molar-refractivity contribution in [2.75, 3.05) is 11.9 Å². The monoisotopic (exact) mass is 323 g/mol. The molecule has 1 aliphatic rings. The van der Waals surface area contributed by atoms with Gasteiger partial charge in [-0.25, -0.2) is 4.39 Å². The Morgan fingerprint density at radius 2 is 2.43 bits per heavy atom. The molecule has 0 aromatic heterocycles. The molecule has 1 N–H and O–H groups in total. The molecule has 2 rings (SSSR count). The fourth-order valence-corrected chi connectivity index (χ4v) is 3.03. The number of rotatable bonds is 1. The van der Waals surface area contributed by atoms with E-state index in [2.05, 4.69) is 12.2 Å². The Bertz CT molecular complexity index is 356. The van der Waals surface area contributed by atoms with Crippen LogP contribution in [0.3, 0.4) is 0 Å². The van der Waals surface area contributed by atoms with Gasteiger partial charge in [0.2, 0.25) is 0 Å². The minimum atomic E-state index is -0.115. The summed E-state index contributed by atoms with van der Waals surface area (Å²) in [7, 11) is 0. The zero-order chi connectivity index (χ0) is 10.1. The summed E-state index contributed by atoms with van der Waals surface area (Å²) in [5.41, 5.74) is 1.07. The van der Waals surface area contributed by atoms with Gasteiger partial charge in [-0.15, -0.1) is 11.8 Å². The van der Waals surface area contributed by atoms with Crippen molar-refractivity contribution in [3.05, 3.63) is 21.5 Å². The lowest BCUT2D eigenvalue weighted by Crippen LogP contribution is -2.20. The van der Waals surface area contributed by atoms with Crippen LogP contribution < -0.4 is 5.32 Å². The Labute approximate surface area is 101 Å². The summed E-state index contributed by atoms with van der Waals surface area (Å²) < 4.78 is 14.0.